The second-order valence-corrected chi connectivity index (χ2v) is 9.80. The number of hydrogen-bond donors (Lipinski definition) is 0. The molecule has 1 aliphatic carbocycles. The van der Waals surface area contributed by atoms with E-state index in [1.54, 1.807) is 60.7 Å². The fraction of sp³-hybridized carbons (Fsp3) is 0.182. The summed E-state index contributed by atoms with van der Waals surface area (Å²) in [7, 11) is 0. The van der Waals surface area contributed by atoms with E-state index in [1.165, 1.54) is 0 Å². The maximum absolute atomic E-state index is 12.8. The summed E-state index contributed by atoms with van der Waals surface area (Å²) in [6, 6.07) is 26.4. The van der Waals surface area contributed by atoms with Crippen molar-refractivity contribution < 1.29 is 28.5 Å². The number of carbonyl (C=O) groups excluding carboxylic acids is 2. The number of fused-ring (bicyclic) bond motifs is 3. The quantitative estimate of drug-likeness (QED) is 0.150. The molecule has 2 aliphatic rings. The van der Waals surface area contributed by atoms with Gasteiger partial charge in [0.1, 0.15) is 17.2 Å². The Balaban J connectivity index is 1.12. The maximum Gasteiger partial charge on any atom is 0.343 e. The van der Waals surface area contributed by atoms with Gasteiger partial charge in [-0.1, -0.05) is 19.1 Å². The SMILES string of the molecule is CC1c2cc(OC(=O)c3ccc(C#N)cc3)ccc2-c2ccc(OC(=O)c3ccc(OCCC4CO4)cc3)cc21. The lowest BCUT2D eigenvalue weighted by molar-refractivity contribution is 0.0725. The highest BCUT2D eigenvalue weighted by Gasteiger charge is 2.27. The summed E-state index contributed by atoms with van der Waals surface area (Å²) in [4.78, 5) is 25.4. The topological polar surface area (TPSA) is 98.2 Å². The van der Waals surface area contributed by atoms with Gasteiger partial charge in [0.2, 0.25) is 0 Å². The summed E-state index contributed by atoms with van der Waals surface area (Å²) in [6.45, 7) is 3.45. The van der Waals surface area contributed by atoms with Crippen LogP contribution in [0.2, 0.25) is 0 Å². The Morgan fingerprint density at radius 1 is 0.800 bits per heavy atom. The smallest absolute Gasteiger partial charge is 0.343 e. The van der Waals surface area contributed by atoms with Crippen LogP contribution >= 0.6 is 0 Å². The van der Waals surface area contributed by atoms with Crippen molar-refractivity contribution in [1.82, 2.24) is 0 Å². The fourth-order valence-electron chi connectivity index (χ4n) is 4.83. The van der Waals surface area contributed by atoms with E-state index in [4.69, 9.17) is 24.2 Å². The molecule has 1 aliphatic heterocycles. The molecular formula is C33H25NO6. The molecule has 198 valence electrons. The Morgan fingerprint density at radius 3 is 1.80 bits per heavy atom. The van der Waals surface area contributed by atoms with Crippen molar-refractivity contribution in [3.05, 3.63) is 113 Å². The minimum Gasteiger partial charge on any atom is -0.493 e. The summed E-state index contributed by atoms with van der Waals surface area (Å²) in [5.74, 6) is 0.665. The van der Waals surface area contributed by atoms with Crippen molar-refractivity contribution in [1.29, 1.82) is 5.26 Å². The van der Waals surface area contributed by atoms with E-state index >= 15 is 0 Å². The minimum atomic E-state index is -0.491. The molecule has 7 nitrogen and oxygen atoms in total. The molecule has 0 N–H and O–H groups in total. The molecule has 7 heteroatoms. The van der Waals surface area contributed by atoms with Gasteiger partial charge in [0.25, 0.3) is 0 Å². The van der Waals surface area contributed by atoms with E-state index in [0.717, 1.165) is 35.3 Å². The van der Waals surface area contributed by atoms with Crippen LogP contribution < -0.4 is 14.2 Å². The third-order valence-electron chi connectivity index (χ3n) is 7.14. The lowest BCUT2D eigenvalue weighted by Gasteiger charge is -2.10. The zero-order chi connectivity index (χ0) is 27.6. The van der Waals surface area contributed by atoms with E-state index in [2.05, 4.69) is 6.92 Å². The van der Waals surface area contributed by atoms with Gasteiger partial charge in [0.05, 0.1) is 42.1 Å². The summed E-state index contributed by atoms with van der Waals surface area (Å²) in [5.41, 5.74) is 5.42. The van der Waals surface area contributed by atoms with Crippen LogP contribution in [0.1, 0.15) is 56.7 Å². The summed E-state index contributed by atoms with van der Waals surface area (Å²) in [5, 5.41) is 8.95. The molecule has 40 heavy (non-hydrogen) atoms. The number of hydrogen-bond acceptors (Lipinski definition) is 7. The number of ether oxygens (including phenoxy) is 4. The van der Waals surface area contributed by atoms with Gasteiger partial charge in [0, 0.05) is 12.3 Å². The summed E-state index contributed by atoms with van der Waals surface area (Å²) in [6.07, 6.45) is 1.17. The highest BCUT2D eigenvalue weighted by molar-refractivity contribution is 5.92. The average molecular weight is 532 g/mol. The molecule has 0 radical (unpaired) electrons. The standard InChI is InChI=1S/C33H25NO6/c1-20-30-16-25(39-32(35)22-4-2-21(18-34)3-5-22)10-12-28(30)29-13-11-26(17-31(20)29)40-33(36)23-6-8-24(9-7-23)37-15-14-27-19-38-27/h2-13,16-17,20,27H,14-15,19H2,1H3. The second kappa shape index (κ2) is 10.7. The minimum absolute atomic E-state index is 0.00897. The number of nitriles is 1. The fourth-order valence-corrected chi connectivity index (χ4v) is 4.83. The molecule has 1 saturated heterocycles. The van der Waals surface area contributed by atoms with E-state index in [9.17, 15) is 9.59 Å². The molecule has 0 saturated carbocycles. The Labute approximate surface area is 231 Å². The molecular weight excluding hydrogens is 506 g/mol. The molecule has 0 amide bonds. The van der Waals surface area contributed by atoms with Gasteiger partial charge in [0.15, 0.2) is 0 Å². The van der Waals surface area contributed by atoms with Crippen molar-refractivity contribution in [2.45, 2.75) is 25.4 Å². The lowest BCUT2D eigenvalue weighted by atomic mass is 9.99. The van der Waals surface area contributed by atoms with Crippen LogP contribution in [0.25, 0.3) is 11.1 Å². The van der Waals surface area contributed by atoms with Gasteiger partial charge in [-0.25, -0.2) is 9.59 Å². The first-order valence-corrected chi connectivity index (χ1v) is 13.1. The number of rotatable bonds is 8. The highest BCUT2D eigenvalue weighted by Crippen LogP contribution is 2.47. The predicted octanol–water partition coefficient (Wildman–Crippen LogP) is 6.30. The first kappa shape index (κ1) is 25.4. The van der Waals surface area contributed by atoms with Gasteiger partial charge in [-0.3, -0.25) is 0 Å². The van der Waals surface area contributed by atoms with Gasteiger partial charge >= 0.3 is 11.9 Å². The number of benzene rings is 4. The molecule has 4 aromatic carbocycles. The number of nitrogens with zero attached hydrogens (tertiary/aromatic N) is 1. The van der Waals surface area contributed by atoms with Crippen LogP contribution in [-0.4, -0.2) is 31.3 Å². The summed E-state index contributed by atoms with van der Waals surface area (Å²) < 4.78 is 22.2. The van der Waals surface area contributed by atoms with Gasteiger partial charge in [-0.15, -0.1) is 0 Å². The zero-order valence-corrected chi connectivity index (χ0v) is 21.8. The molecule has 1 fully saturated rings. The first-order chi connectivity index (χ1) is 19.5. The normalized spacial score (nSPS) is 16.3. The van der Waals surface area contributed by atoms with Gasteiger partial charge < -0.3 is 18.9 Å². The lowest BCUT2D eigenvalue weighted by Crippen LogP contribution is -2.09. The number of carbonyl (C=O) groups is 2. The van der Waals surface area contributed by atoms with Crippen LogP contribution in [-0.2, 0) is 4.74 Å². The molecule has 0 spiro atoms. The summed E-state index contributed by atoms with van der Waals surface area (Å²) >= 11 is 0. The molecule has 4 aromatic rings. The van der Waals surface area contributed by atoms with Crippen molar-refractivity contribution in [3.63, 3.8) is 0 Å². The van der Waals surface area contributed by atoms with E-state index < -0.39 is 11.9 Å². The highest BCUT2D eigenvalue weighted by atomic mass is 16.6. The molecule has 2 atom stereocenters. The molecule has 0 aromatic heterocycles. The van der Waals surface area contributed by atoms with Crippen LogP contribution in [0, 0.1) is 11.3 Å². The van der Waals surface area contributed by atoms with E-state index in [1.807, 2.05) is 30.3 Å². The average Bonchev–Trinajstić information content (AvgIpc) is 3.77. The second-order valence-electron chi connectivity index (χ2n) is 9.80. The van der Waals surface area contributed by atoms with Crippen molar-refractivity contribution in [2.24, 2.45) is 0 Å². The molecule has 0 bridgehead atoms. The van der Waals surface area contributed by atoms with Gasteiger partial charge in [-0.2, -0.15) is 5.26 Å². The van der Waals surface area contributed by atoms with Crippen molar-refractivity contribution >= 4 is 11.9 Å². The van der Waals surface area contributed by atoms with Crippen LogP contribution in [0.5, 0.6) is 17.2 Å². The van der Waals surface area contributed by atoms with E-state index in [0.29, 0.717) is 46.6 Å². The Morgan fingerprint density at radius 2 is 1.30 bits per heavy atom. The predicted molar refractivity (Wildman–Crippen MR) is 147 cm³/mol. The maximum atomic E-state index is 12.8. The number of epoxide rings is 1. The monoisotopic (exact) mass is 531 g/mol. The first-order valence-electron chi connectivity index (χ1n) is 13.1. The van der Waals surface area contributed by atoms with Crippen LogP contribution in [0.15, 0.2) is 84.9 Å². The van der Waals surface area contributed by atoms with Crippen LogP contribution in [0.3, 0.4) is 0 Å². The van der Waals surface area contributed by atoms with Gasteiger partial charge in [-0.05, 0) is 95.1 Å². The number of esters is 2. The van der Waals surface area contributed by atoms with Crippen molar-refractivity contribution in [3.8, 4) is 34.4 Å². The Bertz CT molecular complexity index is 1630. The largest absolute Gasteiger partial charge is 0.493 e. The molecule has 2 unspecified atom stereocenters. The Kier molecular flexibility index (Phi) is 6.77. The zero-order valence-electron chi connectivity index (χ0n) is 21.8. The van der Waals surface area contributed by atoms with Crippen LogP contribution in [0.4, 0.5) is 0 Å². The third-order valence-corrected chi connectivity index (χ3v) is 7.14. The molecule has 6 rings (SSSR count). The van der Waals surface area contributed by atoms with Crippen molar-refractivity contribution in [2.75, 3.05) is 13.2 Å². The Hall–Kier alpha value is -4.93. The van der Waals surface area contributed by atoms with E-state index in [-0.39, 0.29) is 5.92 Å². The third kappa shape index (κ3) is 5.31. The molecule has 1 heterocycles.